The molecule has 0 radical (unpaired) electrons. The van der Waals surface area contributed by atoms with Gasteiger partial charge in [-0.05, 0) is 13.8 Å². The number of rotatable bonds is 7. The molecule has 0 aromatic rings. The molecule has 0 fully saturated rings. The zero-order valence-corrected chi connectivity index (χ0v) is 12.6. The molecule has 112 valence electrons. The van der Waals surface area contributed by atoms with Gasteiger partial charge in [-0.3, -0.25) is 4.79 Å². The second-order valence-electron chi connectivity index (χ2n) is 4.76. The molecular formula is C11H22N2O5S. The lowest BCUT2D eigenvalue weighted by atomic mass is 10.3. The van der Waals surface area contributed by atoms with Crippen molar-refractivity contribution in [3.8, 4) is 0 Å². The zero-order valence-electron chi connectivity index (χ0n) is 11.8. The molecular weight excluding hydrogens is 272 g/mol. The third kappa shape index (κ3) is 7.66. The number of nitrogens with zero attached hydrogens (tertiary/aromatic N) is 2. The van der Waals surface area contributed by atoms with E-state index in [1.807, 2.05) is 0 Å². The number of aliphatic carboxylic acids is 1. The molecule has 0 atom stereocenters. The highest BCUT2D eigenvalue weighted by Crippen LogP contribution is 2.05. The standard InChI is InChI=1S/C11H22N2O5S/c1-9(2)13(6-5-10(14)15)11(16)12(3)7-8-19(4,17)18/h9H,5-8H2,1-4H3,(H,14,15). The molecule has 0 heterocycles. The molecule has 2 amide bonds. The van der Waals surface area contributed by atoms with Gasteiger partial charge in [-0.1, -0.05) is 0 Å². The van der Waals surface area contributed by atoms with Crippen molar-refractivity contribution in [2.24, 2.45) is 0 Å². The summed E-state index contributed by atoms with van der Waals surface area (Å²) in [6.45, 7) is 3.76. The second kappa shape index (κ2) is 7.32. The molecule has 0 unspecified atom stereocenters. The fraction of sp³-hybridized carbons (Fsp3) is 0.818. The van der Waals surface area contributed by atoms with Gasteiger partial charge in [-0.2, -0.15) is 0 Å². The molecule has 0 saturated carbocycles. The predicted molar refractivity (Wildman–Crippen MR) is 71.8 cm³/mol. The summed E-state index contributed by atoms with van der Waals surface area (Å²) in [7, 11) is -1.63. The smallest absolute Gasteiger partial charge is 0.320 e. The number of carbonyl (C=O) groups is 2. The summed E-state index contributed by atoms with van der Waals surface area (Å²) in [6.07, 6.45) is 0.972. The zero-order chi connectivity index (χ0) is 15.2. The first-order valence-corrected chi connectivity index (χ1v) is 8.02. The Morgan fingerprint density at radius 1 is 1.21 bits per heavy atom. The first kappa shape index (κ1) is 17.7. The van der Waals surface area contributed by atoms with Crippen molar-refractivity contribution in [1.29, 1.82) is 0 Å². The molecule has 0 aliphatic carbocycles. The lowest BCUT2D eigenvalue weighted by Gasteiger charge is -2.30. The highest BCUT2D eigenvalue weighted by atomic mass is 32.2. The third-order valence-corrected chi connectivity index (χ3v) is 3.48. The molecule has 0 spiro atoms. The predicted octanol–water partition coefficient (Wildman–Crippen LogP) is 0.268. The molecule has 0 bridgehead atoms. The summed E-state index contributed by atoms with van der Waals surface area (Å²) in [4.78, 5) is 25.3. The normalized spacial score (nSPS) is 11.4. The van der Waals surface area contributed by atoms with E-state index < -0.39 is 15.8 Å². The third-order valence-electron chi connectivity index (χ3n) is 2.56. The van der Waals surface area contributed by atoms with Crippen molar-refractivity contribution in [2.75, 3.05) is 32.1 Å². The molecule has 0 aliphatic rings. The monoisotopic (exact) mass is 294 g/mol. The van der Waals surface area contributed by atoms with Crippen LogP contribution in [0.2, 0.25) is 0 Å². The summed E-state index contributed by atoms with van der Waals surface area (Å²) in [5, 5.41) is 8.64. The van der Waals surface area contributed by atoms with E-state index in [-0.39, 0.29) is 37.3 Å². The maximum absolute atomic E-state index is 12.1. The van der Waals surface area contributed by atoms with Gasteiger partial charge in [-0.15, -0.1) is 0 Å². The minimum atomic E-state index is -3.13. The topological polar surface area (TPSA) is 95.0 Å². The number of hydrogen-bond acceptors (Lipinski definition) is 4. The Bertz CT molecular complexity index is 419. The minimum Gasteiger partial charge on any atom is -0.481 e. The maximum atomic E-state index is 12.1. The van der Waals surface area contributed by atoms with Gasteiger partial charge >= 0.3 is 12.0 Å². The number of urea groups is 1. The van der Waals surface area contributed by atoms with Gasteiger partial charge < -0.3 is 14.9 Å². The fourth-order valence-electron chi connectivity index (χ4n) is 1.41. The van der Waals surface area contributed by atoms with Crippen LogP contribution in [-0.4, -0.2) is 73.5 Å². The molecule has 0 aromatic heterocycles. The minimum absolute atomic E-state index is 0.0912. The van der Waals surface area contributed by atoms with Crippen molar-refractivity contribution < 1.29 is 23.1 Å². The van der Waals surface area contributed by atoms with E-state index in [9.17, 15) is 18.0 Å². The van der Waals surface area contributed by atoms with E-state index in [0.717, 1.165) is 6.26 Å². The van der Waals surface area contributed by atoms with E-state index in [4.69, 9.17) is 5.11 Å². The number of carbonyl (C=O) groups excluding carboxylic acids is 1. The Hall–Kier alpha value is -1.31. The SMILES string of the molecule is CC(C)N(CCC(=O)O)C(=O)N(C)CCS(C)(=O)=O. The van der Waals surface area contributed by atoms with Crippen molar-refractivity contribution >= 4 is 21.8 Å². The second-order valence-corrected chi connectivity index (χ2v) is 7.02. The van der Waals surface area contributed by atoms with Crippen LogP contribution in [0.3, 0.4) is 0 Å². The van der Waals surface area contributed by atoms with Crippen molar-refractivity contribution in [3.63, 3.8) is 0 Å². The highest BCUT2D eigenvalue weighted by molar-refractivity contribution is 7.90. The number of carboxylic acid groups (broad SMARTS) is 1. The van der Waals surface area contributed by atoms with Crippen LogP contribution < -0.4 is 0 Å². The van der Waals surface area contributed by atoms with E-state index in [1.54, 1.807) is 13.8 Å². The van der Waals surface area contributed by atoms with E-state index >= 15 is 0 Å². The Labute approximate surface area is 114 Å². The lowest BCUT2D eigenvalue weighted by molar-refractivity contribution is -0.137. The van der Waals surface area contributed by atoms with Gasteiger partial charge in [0.1, 0.15) is 9.84 Å². The average molecular weight is 294 g/mol. The van der Waals surface area contributed by atoms with Crippen LogP contribution in [-0.2, 0) is 14.6 Å². The molecule has 0 aromatic carbocycles. The van der Waals surface area contributed by atoms with Gasteiger partial charge in [0.2, 0.25) is 0 Å². The summed E-state index contributed by atoms with van der Waals surface area (Å²) in [6, 6.07) is -0.507. The van der Waals surface area contributed by atoms with Crippen LogP contribution >= 0.6 is 0 Å². The van der Waals surface area contributed by atoms with Gasteiger partial charge in [-0.25, -0.2) is 13.2 Å². The molecule has 0 aliphatic heterocycles. The molecule has 19 heavy (non-hydrogen) atoms. The average Bonchev–Trinajstić information content (AvgIpc) is 2.23. The number of amides is 2. The quantitative estimate of drug-likeness (QED) is 0.727. The summed E-state index contributed by atoms with van der Waals surface area (Å²) in [5.74, 6) is -1.09. The van der Waals surface area contributed by atoms with Crippen molar-refractivity contribution in [1.82, 2.24) is 9.80 Å². The molecule has 8 heteroatoms. The van der Waals surface area contributed by atoms with Crippen LogP contribution in [0.4, 0.5) is 4.79 Å². The van der Waals surface area contributed by atoms with E-state index in [1.165, 1.54) is 16.8 Å². The number of sulfone groups is 1. The van der Waals surface area contributed by atoms with Crippen LogP contribution in [0.25, 0.3) is 0 Å². The van der Waals surface area contributed by atoms with E-state index in [0.29, 0.717) is 0 Å². The van der Waals surface area contributed by atoms with E-state index in [2.05, 4.69) is 0 Å². The maximum Gasteiger partial charge on any atom is 0.320 e. The fourth-order valence-corrected chi connectivity index (χ4v) is 2.01. The van der Waals surface area contributed by atoms with Gasteiger partial charge in [0.05, 0.1) is 12.2 Å². The van der Waals surface area contributed by atoms with Gasteiger partial charge in [0, 0.05) is 32.4 Å². The number of hydrogen-bond donors (Lipinski definition) is 1. The molecule has 7 nitrogen and oxygen atoms in total. The van der Waals surface area contributed by atoms with Gasteiger partial charge in [0.25, 0.3) is 0 Å². The van der Waals surface area contributed by atoms with Crippen LogP contribution in [0.5, 0.6) is 0 Å². The van der Waals surface area contributed by atoms with Crippen LogP contribution in [0.1, 0.15) is 20.3 Å². The Morgan fingerprint density at radius 2 is 1.74 bits per heavy atom. The first-order valence-electron chi connectivity index (χ1n) is 5.96. The molecule has 0 rings (SSSR count). The summed E-state index contributed by atoms with van der Waals surface area (Å²) >= 11 is 0. The Balaban J connectivity index is 4.57. The molecule has 1 N–H and O–H groups in total. The number of carboxylic acids is 1. The van der Waals surface area contributed by atoms with Crippen molar-refractivity contribution in [2.45, 2.75) is 26.3 Å². The van der Waals surface area contributed by atoms with Crippen LogP contribution in [0.15, 0.2) is 0 Å². The Morgan fingerprint density at radius 3 is 2.11 bits per heavy atom. The summed E-state index contributed by atoms with van der Waals surface area (Å²) < 4.78 is 22.1. The van der Waals surface area contributed by atoms with Gasteiger partial charge in [0.15, 0.2) is 0 Å². The van der Waals surface area contributed by atoms with Crippen molar-refractivity contribution in [3.05, 3.63) is 0 Å². The molecule has 0 saturated heterocycles. The first-order chi connectivity index (χ1) is 8.54. The lowest BCUT2D eigenvalue weighted by Crippen LogP contribution is -2.46. The largest absolute Gasteiger partial charge is 0.481 e. The highest BCUT2D eigenvalue weighted by Gasteiger charge is 2.21. The summed E-state index contributed by atoms with van der Waals surface area (Å²) in [5.41, 5.74) is 0. The van der Waals surface area contributed by atoms with Crippen LogP contribution in [0, 0.1) is 0 Å². The Kier molecular flexibility index (Phi) is 6.82.